The Morgan fingerprint density at radius 1 is 1.11 bits per heavy atom. The van der Waals surface area contributed by atoms with Gasteiger partial charge in [-0.1, -0.05) is 39.0 Å². The van der Waals surface area contributed by atoms with Gasteiger partial charge in [0.05, 0.1) is 0 Å². The van der Waals surface area contributed by atoms with E-state index in [2.05, 4.69) is 49.9 Å². The lowest BCUT2D eigenvalue weighted by Crippen LogP contribution is -2.37. The number of benzene rings is 2. The molecular weight excluding hydrogens is 336 g/mol. The van der Waals surface area contributed by atoms with E-state index in [0.29, 0.717) is 13.3 Å². The van der Waals surface area contributed by atoms with Crippen LogP contribution in [0.5, 0.6) is 11.5 Å². The Labute approximate surface area is 162 Å². The fraction of sp³-hybridized carbons (Fsp3) is 0.478. The molecule has 0 saturated heterocycles. The minimum atomic E-state index is 0.190. The molecule has 0 unspecified atom stereocenters. The summed E-state index contributed by atoms with van der Waals surface area (Å²) in [6, 6.07) is 11.0. The van der Waals surface area contributed by atoms with Crippen LogP contribution >= 0.6 is 0 Å². The van der Waals surface area contributed by atoms with E-state index in [4.69, 9.17) is 15.2 Å². The molecule has 27 heavy (non-hydrogen) atoms. The third-order valence-electron chi connectivity index (χ3n) is 6.03. The summed E-state index contributed by atoms with van der Waals surface area (Å²) in [5.41, 5.74) is 12.9. The molecule has 2 aliphatic rings. The Morgan fingerprint density at radius 3 is 2.74 bits per heavy atom. The number of ether oxygens (including phenoxy) is 2. The van der Waals surface area contributed by atoms with Gasteiger partial charge in [-0.15, -0.1) is 0 Å². The first-order valence-electron chi connectivity index (χ1n) is 10.0. The molecule has 0 bridgehead atoms. The summed E-state index contributed by atoms with van der Waals surface area (Å²) in [6.07, 6.45) is 3.13. The van der Waals surface area contributed by atoms with Crippen LogP contribution in [0, 0.1) is 0 Å². The maximum absolute atomic E-state index is 5.89. The van der Waals surface area contributed by atoms with Crippen LogP contribution in [0.2, 0.25) is 0 Å². The van der Waals surface area contributed by atoms with Crippen molar-refractivity contribution in [3.8, 4) is 11.5 Å². The van der Waals surface area contributed by atoms with Crippen LogP contribution in [0.1, 0.15) is 49.4 Å². The molecule has 0 aromatic heterocycles. The number of fused-ring (bicyclic) bond motifs is 2. The SMILES string of the molecule is CCc1cc2c(cc1CCN)N(Cc1cccc3c1OCO3)CCC2(C)C. The molecule has 4 rings (SSSR count). The molecule has 2 N–H and O–H groups in total. The monoisotopic (exact) mass is 366 g/mol. The zero-order valence-corrected chi connectivity index (χ0v) is 16.7. The van der Waals surface area contributed by atoms with Gasteiger partial charge < -0.3 is 20.1 Å². The molecule has 0 amide bonds. The first-order valence-corrected chi connectivity index (χ1v) is 10.0. The van der Waals surface area contributed by atoms with E-state index >= 15 is 0 Å². The topological polar surface area (TPSA) is 47.7 Å². The molecule has 0 saturated carbocycles. The van der Waals surface area contributed by atoms with Gasteiger partial charge in [0.1, 0.15) is 0 Å². The molecule has 0 radical (unpaired) electrons. The zero-order valence-electron chi connectivity index (χ0n) is 16.7. The quantitative estimate of drug-likeness (QED) is 0.863. The molecular formula is C23H30N2O2. The minimum absolute atomic E-state index is 0.190. The van der Waals surface area contributed by atoms with Gasteiger partial charge in [0.2, 0.25) is 6.79 Å². The van der Waals surface area contributed by atoms with Crippen molar-refractivity contribution in [2.45, 2.75) is 52.0 Å². The Balaban J connectivity index is 1.74. The van der Waals surface area contributed by atoms with Crippen molar-refractivity contribution in [2.24, 2.45) is 5.73 Å². The van der Waals surface area contributed by atoms with E-state index in [1.807, 2.05) is 6.07 Å². The molecule has 0 atom stereocenters. The molecule has 0 fully saturated rings. The number of nitrogens with two attached hydrogens (primary N) is 1. The third kappa shape index (κ3) is 3.27. The minimum Gasteiger partial charge on any atom is -0.454 e. The van der Waals surface area contributed by atoms with Gasteiger partial charge in [0, 0.05) is 24.3 Å². The van der Waals surface area contributed by atoms with Crippen molar-refractivity contribution in [3.05, 3.63) is 52.6 Å². The highest BCUT2D eigenvalue weighted by Gasteiger charge is 2.32. The van der Waals surface area contributed by atoms with Gasteiger partial charge >= 0.3 is 0 Å². The average Bonchev–Trinajstić information content (AvgIpc) is 3.14. The summed E-state index contributed by atoms with van der Waals surface area (Å²) < 4.78 is 11.3. The number of anilines is 1. The number of aryl methyl sites for hydroxylation is 1. The standard InChI is InChI=1S/C23H30N2O2/c1-4-16-12-19-20(13-17(16)8-10-24)25(11-9-23(19,2)3)14-18-6-5-7-21-22(18)27-15-26-21/h5-7,12-13H,4,8-11,14-15,24H2,1-3H3. The Kier molecular flexibility index (Phi) is 4.77. The molecule has 0 spiro atoms. The normalized spacial score (nSPS) is 17.1. The third-order valence-corrected chi connectivity index (χ3v) is 6.03. The van der Waals surface area contributed by atoms with Gasteiger partial charge in [-0.2, -0.15) is 0 Å². The van der Waals surface area contributed by atoms with Crippen LogP contribution in [0.15, 0.2) is 30.3 Å². The number of rotatable bonds is 5. The maximum Gasteiger partial charge on any atom is 0.231 e. The van der Waals surface area contributed by atoms with Crippen molar-refractivity contribution in [1.82, 2.24) is 0 Å². The van der Waals surface area contributed by atoms with Crippen molar-refractivity contribution in [3.63, 3.8) is 0 Å². The van der Waals surface area contributed by atoms with E-state index in [1.54, 1.807) is 0 Å². The lowest BCUT2D eigenvalue weighted by Gasteiger charge is -2.41. The average molecular weight is 367 g/mol. The van der Waals surface area contributed by atoms with Gasteiger partial charge in [0.25, 0.3) is 0 Å². The second-order valence-corrected chi connectivity index (χ2v) is 8.24. The Hall–Kier alpha value is -2.20. The van der Waals surface area contributed by atoms with Crippen LogP contribution in [-0.2, 0) is 24.8 Å². The molecule has 2 aromatic carbocycles. The van der Waals surface area contributed by atoms with E-state index < -0.39 is 0 Å². The summed E-state index contributed by atoms with van der Waals surface area (Å²) in [5, 5.41) is 0. The summed E-state index contributed by atoms with van der Waals surface area (Å²) in [4.78, 5) is 2.50. The number of hydrogen-bond acceptors (Lipinski definition) is 4. The van der Waals surface area contributed by atoms with Crippen LogP contribution in [0.4, 0.5) is 5.69 Å². The van der Waals surface area contributed by atoms with Crippen molar-refractivity contribution < 1.29 is 9.47 Å². The zero-order chi connectivity index (χ0) is 19.0. The van der Waals surface area contributed by atoms with E-state index in [0.717, 1.165) is 43.9 Å². The van der Waals surface area contributed by atoms with Crippen molar-refractivity contribution >= 4 is 5.69 Å². The fourth-order valence-electron chi connectivity index (χ4n) is 4.35. The Morgan fingerprint density at radius 2 is 1.96 bits per heavy atom. The summed E-state index contributed by atoms with van der Waals surface area (Å²) in [6.45, 7) is 9.84. The largest absolute Gasteiger partial charge is 0.454 e. The fourth-order valence-corrected chi connectivity index (χ4v) is 4.35. The molecule has 2 aliphatic heterocycles. The lowest BCUT2D eigenvalue weighted by atomic mass is 9.76. The lowest BCUT2D eigenvalue weighted by molar-refractivity contribution is 0.173. The molecule has 144 valence electrons. The van der Waals surface area contributed by atoms with E-state index in [1.165, 1.54) is 27.9 Å². The van der Waals surface area contributed by atoms with Gasteiger partial charge in [-0.05, 0) is 60.0 Å². The van der Waals surface area contributed by atoms with Crippen LogP contribution < -0.4 is 20.1 Å². The van der Waals surface area contributed by atoms with Crippen LogP contribution in [-0.4, -0.2) is 19.9 Å². The highest BCUT2D eigenvalue weighted by Crippen LogP contribution is 2.43. The Bertz CT molecular complexity index is 845. The molecule has 2 heterocycles. The van der Waals surface area contributed by atoms with Gasteiger partial charge in [-0.25, -0.2) is 0 Å². The van der Waals surface area contributed by atoms with Gasteiger partial charge in [0.15, 0.2) is 11.5 Å². The second-order valence-electron chi connectivity index (χ2n) is 8.24. The van der Waals surface area contributed by atoms with Crippen LogP contribution in [0.25, 0.3) is 0 Å². The molecule has 4 heteroatoms. The summed E-state index contributed by atoms with van der Waals surface area (Å²) in [5.74, 6) is 1.76. The highest BCUT2D eigenvalue weighted by atomic mass is 16.7. The number of nitrogens with zero attached hydrogens (tertiary/aromatic N) is 1. The highest BCUT2D eigenvalue weighted by molar-refractivity contribution is 5.63. The first-order chi connectivity index (χ1) is 13.0. The van der Waals surface area contributed by atoms with E-state index in [9.17, 15) is 0 Å². The molecule has 2 aromatic rings. The van der Waals surface area contributed by atoms with Crippen molar-refractivity contribution in [2.75, 3.05) is 24.8 Å². The number of hydrogen-bond donors (Lipinski definition) is 1. The number of para-hydroxylation sites is 1. The van der Waals surface area contributed by atoms with Crippen molar-refractivity contribution in [1.29, 1.82) is 0 Å². The predicted octanol–water partition coefficient (Wildman–Crippen LogP) is 4.17. The van der Waals surface area contributed by atoms with E-state index in [-0.39, 0.29) is 5.41 Å². The summed E-state index contributed by atoms with van der Waals surface area (Å²) >= 11 is 0. The molecule has 4 nitrogen and oxygen atoms in total. The molecule has 0 aliphatic carbocycles. The first kappa shape index (κ1) is 18.2. The van der Waals surface area contributed by atoms with Crippen LogP contribution in [0.3, 0.4) is 0 Å². The summed E-state index contributed by atoms with van der Waals surface area (Å²) in [7, 11) is 0. The maximum atomic E-state index is 5.89. The van der Waals surface area contributed by atoms with Gasteiger partial charge in [-0.3, -0.25) is 0 Å². The predicted molar refractivity (Wildman–Crippen MR) is 110 cm³/mol. The smallest absolute Gasteiger partial charge is 0.231 e. The second kappa shape index (κ2) is 7.08.